The molecule has 0 unspecified atom stereocenters. The number of carbonyl (C=O) groups is 1. The molecule has 4 rings (SSSR count). The van der Waals surface area contributed by atoms with E-state index in [0.717, 1.165) is 44.8 Å². The van der Waals surface area contributed by atoms with Gasteiger partial charge in [0.05, 0.1) is 0 Å². The second-order valence-corrected chi connectivity index (χ2v) is 7.84. The first-order chi connectivity index (χ1) is 15.2. The van der Waals surface area contributed by atoms with Crippen LogP contribution in [0.3, 0.4) is 0 Å². The van der Waals surface area contributed by atoms with Crippen LogP contribution in [0.2, 0.25) is 0 Å². The number of nitrogens with zero attached hydrogens (tertiary/aromatic N) is 2. The molecule has 1 aliphatic rings. The number of benzene rings is 2. The summed E-state index contributed by atoms with van der Waals surface area (Å²) >= 11 is 0. The Kier molecular flexibility index (Phi) is 6.92. The highest BCUT2D eigenvalue weighted by molar-refractivity contribution is 5.94. The van der Waals surface area contributed by atoms with Crippen molar-refractivity contribution in [2.75, 3.05) is 39.3 Å². The van der Waals surface area contributed by atoms with Crippen LogP contribution in [0.5, 0.6) is 0 Å². The molecule has 2 aromatic carbocycles. The molecule has 6 nitrogen and oxygen atoms in total. The summed E-state index contributed by atoms with van der Waals surface area (Å²) in [6.07, 6.45) is 0. The molecule has 31 heavy (non-hydrogen) atoms. The van der Waals surface area contributed by atoms with Gasteiger partial charge in [-0.1, -0.05) is 60.7 Å². The molecule has 1 fully saturated rings. The topological polar surface area (TPSA) is 68.4 Å². The number of nitrogens with one attached hydrogen (secondary N) is 2. The minimum absolute atomic E-state index is 0.146. The molecule has 160 valence electrons. The van der Waals surface area contributed by atoms with Crippen LogP contribution < -0.4 is 10.9 Å². The number of hydrogen-bond donors (Lipinski definition) is 2. The summed E-state index contributed by atoms with van der Waals surface area (Å²) in [6.45, 7) is 6.28. The zero-order valence-corrected chi connectivity index (χ0v) is 17.6. The first-order valence-electron chi connectivity index (χ1n) is 10.7. The summed E-state index contributed by atoms with van der Waals surface area (Å²) in [5, 5.41) is 2.88. The van der Waals surface area contributed by atoms with Gasteiger partial charge < -0.3 is 10.3 Å². The number of piperazine rings is 1. The largest absolute Gasteiger partial charge is 0.351 e. The van der Waals surface area contributed by atoms with Crippen molar-refractivity contribution in [3.8, 4) is 11.3 Å². The molecule has 1 aliphatic heterocycles. The van der Waals surface area contributed by atoms with Gasteiger partial charge in [0.2, 0.25) is 0 Å². The third-order valence-corrected chi connectivity index (χ3v) is 5.67. The average molecular weight is 417 g/mol. The molecule has 0 saturated carbocycles. The standard InChI is InChI=1S/C25H28N4O2/c30-24(22-11-12-23(27-25(22)31)21-9-5-2-6-10-21)26-13-14-28-15-17-29(18-16-28)19-20-7-3-1-4-8-20/h1-12H,13-19H2,(H,26,30)(H,27,31). The SMILES string of the molecule is O=C(NCCN1CCN(Cc2ccccc2)CC1)c1ccc(-c2ccccc2)[nH]c1=O. The highest BCUT2D eigenvalue weighted by Gasteiger charge is 2.17. The lowest BCUT2D eigenvalue weighted by atomic mass is 10.1. The molecule has 1 amide bonds. The van der Waals surface area contributed by atoms with Gasteiger partial charge in [-0.05, 0) is 23.3 Å². The van der Waals surface area contributed by atoms with E-state index >= 15 is 0 Å². The average Bonchev–Trinajstić information content (AvgIpc) is 2.81. The van der Waals surface area contributed by atoms with Gasteiger partial charge in [-0.25, -0.2) is 0 Å². The van der Waals surface area contributed by atoms with E-state index in [9.17, 15) is 9.59 Å². The Labute approximate surface area is 182 Å². The van der Waals surface area contributed by atoms with Crippen molar-refractivity contribution < 1.29 is 4.79 Å². The number of aromatic amines is 1. The molecular weight excluding hydrogens is 388 g/mol. The van der Waals surface area contributed by atoms with Gasteiger partial charge in [-0.15, -0.1) is 0 Å². The van der Waals surface area contributed by atoms with E-state index in [2.05, 4.69) is 44.4 Å². The number of carbonyl (C=O) groups excluding carboxylic acids is 1. The Hall–Kier alpha value is -3.22. The fourth-order valence-corrected chi connectivity index (χ4v) is 3.87. The minimum Gasteiger partial charge on any atom is -0.351 e. The van der Waals surface area contributed by atoms with Gasteiger partial charge in [-0.2, -0.15) is 0 Å². The van der Waals surface area contributed by atoms with Crippen LogP contribution in [-0.4, -0.2) is 60.0 Å². The summed E-state index contributed by atoms with van der Waals surface area (Å²) < 4.78 is 0. The molecule has 0 atom stereocenters. The Balaban J connectivity index is 1.22. The van der Waals surface area contributed by atoms with Crippen LogP contribution in [-0.2, 0) is 6.54 Å². The van der Waals surface area contributed by atoms with Crippen LogP contribution in [0.25, 0.3) is 11.3 Å². The third-order valence-electron chi connectivity index (χ3n) is 5.67. The smallest absolute Gasteiger partial charge is 0.261 e. The molecule has 3 aromatic rings. The molecule has 0 spiro atoms. The van der Waals surface area contributed by atoms with Crippen LogP contribution in [0.15, 0.2) is 77.6 Å². The highest BCUT2D eigenvalue weighted by atomic mass is 16.2. The van der Waals surface area contributed by atoms with Crippen LogP contribution in [0.4, 0.5) is 0 Å². The molecule has 1 aromatic heterocycles. The zero-order chi connectivity index (χ0) is 21.5. The number of aromatic nitrogens is 1. The van der Waals surface area contributed by atoms with E-state index in [1.54, 1.807) is 12.1 Å². The van der Waals surface area contributed by atoms with E-state index in [1.807, 2.05) is 36.4 Å². The third kappa shape index (κ3) is 5.69. The number of rotatable bonds is 7. The lowest BCUT2D eigenvalue weighted by molar-refractivity contribution is 0.0932. The number of H-pyrrole nitrogens is 1. The fraction of sp³-hybridized carbons (Fsp3) is 0.280. The fourth-order valence-electron chi connectivity index (χ4n) is 3.87. The van der Waals surface area contributed by atoms with E-state index in [0.29, 0.717) is 12.2 Å². The van der Waals surface area contributed by atoms with Crippen molar-refractivity contribution >= 4 is 5.91 Å². The van der Waals surface area contributed by atoms with Crippen molar-refractivity contribution in [1.29, 1.82) is 0 Å². The lowest BCUT2D eigenvalue weighted by Crippen LogP contribution is -2.48. The van der Waals surface area contributed by atoms with Crippen molar-refractivity contribution in [2.24, 2.45) is 0 Å². The Morgan fingerprint density at radius 3 is 2.16 bits per heavy atom. The minimum atomic E-state index is -0.367. The van der Waals surface area contributed by atoms with Gasteiger partial charge in [0.15, 0.2) is 0 Å². The van der Waals surface area contributed by atoms with E-state index in [4.69, 9.17) is 0 Å². The molecule has 2 N–H and O–H groups in total. The van der Waals surface area contributed by atoms with Crippen molar-refractivity contribution in [1.82, 2.24) is 20.1 Å². The van der Waals surface area contributed by atoms with Gasteiger partial charge in [-0.3, -0.25) is 19.4 Å². The maximum atomic E-state index is 12.5. The molecule has 0 aliphatic carbocycles. The van der Waals surface area contributed by atoms with E-state index < -0.39 is 0 Å². The second kappa shape index (κ2) is 10.2. The molecule has 1 saturated heterocycles. The molecule has 0 bridgehead atoms. The molecule has 0 radical (unpaired) electrons. The maximum absolute atomic E-state index is 12.5. The van der Waals surface area contributed by atoms with Gasteiger partial charge in [0.25, 0.3) is 11.5 Å². The van der Waals surface area contributed by atoms with Crippen LogP contribution in [0.1, 0.15) is 15.9 Å². The summed E-state index contributed by atoms with van der Waals surface area (Å²) in [5.74, 6) is -0.330. The van der Waals surface area contributed by atoms with Gasteiger partial charge in [0, 0.05) is 51.5 Å². The summed E-state index contributed by atoms with van der Waals surface area (Å²) in [5.41, 5.74) is 2.74. The first kappa shape index (κ1) is 21.0. The Morgan fingerprint density at radius 2 is 1.48 bits per heavy atom. The first-order valence-corrected chi connectivity index (χ1v) is 10.7. The van der Waals surface area contributed by atoms with Crippen LogP contribution >= 0.6 is 0 Å². The van der Waals surface area contributed by atoms with E-state index in [1.165, 1.54) is 5.56 Å². The predicted molar refractivity (Wildman–Crippen MR) is 123 cm³/mol. The molecule has 6 heteroatoms. The van der Waals surface area contributed by atoms with Crippen LogP contribution in [0, 0.1) is 0 Å². The number of hydrogen-bond acceptors (Lipinski definition) is 4. The zero-order valence-electron chi connectivity index (χ0n) is 17.6. The summed E-state index contributed by atoms with van der Waals surface area (Å²) in [6, 6.07) is 23.5. The van der Waals surface area contributed by atoms with Gasteiger partial charge >= 0.3 is 0 Å². The quantitative estimate of drug-likeness (QED) is 0.621. The molecule has 2 heterocycles. The number of pyridine rings is 1. The second-order valence-electron chi connectivity index (χ2n) is 7.84. The summed E-state index contributed by atoms with van der Waals surface area (Å²) in [7, 11) is 0. The van der Waals surface area contributed by atoms with Crippen molar-refractivity contribution in [3.63, 3.8) is 0 Å². The van der Waals surface area contributed by atoms with E-state index in [-0.39, 0.29) is 17.0 Å². The predicted octanol–water partition coefficient (Wildman–Crippen LogP) is 2.59. The normalized spacial score (nSPS) is 15.0. The maximum Gasteiger partial charge on any atom is 0.261 e. The number of amides is 1. The monoisotopic (exact) mass is 416 g/mol. The summed E-state index contributed by atoms with van der Waals surface area (Å²) in [4.78, 5) is 32.4. The Morgan fingerprint density at radius 1 is 0.839 bits per heavy atom. The van der Waals surface area contributed by atoms with Crippen molar-refractivity contribution in [3.05, 3.63) is 94.3 Å². The highest BCUT2D eigenvalue weighted by Crippen LogP contribution is 2.14. The van der Waals surface area contributed by atoms with Gasteiger partial charge in [0.1, 0.15) is 5.56 Å². The Bertz CT molecular complexity index is 1040. The molecular formula is C25H28N4O2. The lowest BCUT2D eigenvalue weighted by Gasteiger charge is -2.34. The van der Waals surface area contributed by atoms with Crippen molar-refractivity contribution in [2.45, 2.75) is 6.54 Å².